The second-order valence-corrected chi connectivity index (χ2v) is 7.53. The number of sulfone groups is 1. The number of carboxylic acids is 1. The van der Waals surface area contributed by atoms with E-state index < -0.39 is 15.8 Å². The third-order valence-electron chi connectivity index (χ3n) is 3.47. The van der Waals surface area contributed by atoms with Crippen LogP contribution in [-0.4, -0.2) is 43.5 Å². The molecule has 1 amide bonds. The van der Waals surface area contributed by atoms with Crippen molar-refractivity contribution < 1.29 is 23.1 Å². The van der Waals surface area contributed by atoms with Gasteiger partial charge in [-0.25, -0.2) is 8.42 Å². The molecule has 0 aromatic heterocycles. The fourth-order valence-corrected chi connectivity index (χ4v) is 4.03. The molecule has 6 nitrogen and oxygen atoms in total. The van der Waals surface area contributed by atoms with Gasteiger partial charge >= 0.3 is 5.97 Å². The van der Waals surface area contributed by atoms with E-state index in [1.165, 1.54) is 0 Å². The minimum Gasteiger partial charge on any atom is -0.481 e. The highest BCUT2D eigenvalue weighted by Gasteiger charge is 2.32. The summed E-state index contributed by atoms with van der Waals surface area (Å²) in [4.78, 5) is 22.0. The molecular weight excluding hydrogens is 282 g/mol. The maximum atomic E-state index is 11.7. The molecule has 0 radical (unpaired) electrons. The number of carbonyl (C=O) groups is 2. The van der Waals surface area contributed by atoms with Gasteiger partial charge in [0.2, 0.25) is 5.91 Å². The van der Waals surface area contributed by atoms with Crippen LogP contribution in [0.1, 0.15) is 44.9 Å². The molecule has 1 aliphatic heterocycles. The Labute approximate surface area is 119 Å². The Morgan fingerprint density at radius 1 is 1.10 bits per heavy atom. The molecule has 1 atom stereocenters. The summed E-state index contributed by atoms with van der Waals surface area (Å²) < 4.78 is 22.5. The van der Waals surface area contributed by atoms with Crippen LogP contribution in [0.15, 0.2) is 0 Å². The second kappa shape index (κ2) is 8.24. The van der Waals surface area contributed by atoms with Gasteiger partial charge < -0.3 is 10.4 Å². The number of carbonyl (C=O) groups excluding carboxylic acids is 1. The number of aliphatic carboxylic acids is 1. The maximum absolute atomic E-state index is 11.7. The zero-order chi connectivity index (χ0) is 15.0. The molecule has 0 saturated carbocycles. The van der Waals surface area contributed by atoms with Crippen LogP contribution in [0, 0.1) is 5.92 Å². The maximum Gasteiger partial charge on any atom is 0.303 e. The summed E-state index contributed by atoms with van der Waals surface area (Å²) in [5.41, 5.74) is 0. The van der Waals surface area contributed by atoms with Crippen LogP contribution in [0.4, 0.5) is 0 Å². The lowest BCUT2D eigenvalue weighted by Crippen LogP contribution is -2.32. The topological polar surface area (TPSA) is 101 Å². The molecule has 7 heteroatoms. The summed E-state index contributed by atoms with van der Waals surface area (Å²) >= 11 is 0. The minimum absolute atomic E-state index is 0.0198. The fraction of sp³-hybridized carbons (Fsp3) is 0.846. The predicted molar refractivity (Wildman–Crippen MR) is 75.1 cm³/mol. The fourth-order valence-electron chi connectivity index (χ4n) is 2.29. The molecule has 116 valence electrons. The van der Waals surface area contributed by atoms with Gasteiger partial charge in [0.25, 0.3) is 0 Å². The molecule has 1 saturated heterocycles. The third kappa shape index (κ3) is 6.88. The summed E-state index contributed by atoms with van der Waals surface area (Å²) in [6, 6.07) is 0. The number of unbranched alkanes of at least 4 members (excludes halogenated alkanes) is 4. The van der Waals surface area contributed by atoms with Crippen LogP contribution in [-0.2, 0) is 19.4 Å². The number of amides is 1. The Bertz CT molecular complexity index is 432. The molecule has 1 rings (SSSR count). The van der Waals surface area contributed by atoms with Crippen molar-refractivity contribution in [1.29, 1.82) is 0 Å². The van der Waals surface area contributed by atoms with Gasteiger partial charge in [-0.1, -0.05) is 19.3 Å². The summed E-state index contributed by atoms with van der Waals surface area (Å²) in [5.74, 6) is -1.20. The number of hydrogen-bond donors (Lipinski definition) is 2. The first-order chi connectivity index (χ1) is 9.41. The normalized spacial score (nSPS) is 20.7. The molecule has 0 spiro atoms. The van der Waals surface area contributed by atoms with Crippen LogP contribution in [0.5, 0.6) is 0 Å². The van der Waals surface area contributed by atoms with Crippen molar-refractivity contribution in [2.75, 3.05) is 18.1 Å². The molecule has 1 aliphatic rings. The zero-order valence-electron chi connectivity index (χ0n) is 11.6. The van der Waals surface area contributed by atoms with E-state index in [0.717, 1.165) is 25.7 Å². The molecule has 1 heterocycles. The van der Waals surface area contributed by atoms with Gasteiger partial charge in [-0.15, -0.1) is 0 Å². The van der Waals surface area contributed by atoms with E-state index >= 15 is 0 Å². The van der Waals surface area contributed by atoms with E-state index in [4.69, 9.17) is 5.11 Å². The van der Waals surface area contributed by atoms with E-state index in [0.29, 0.717) is 19.4 Å². The van der Waals surface area contributed by atoms with Crippen molar-refractivity contribution in [3.63, 3.8) is 0 Å². The molecule has 0 bridgehead atoms. The monoisotopic (exact) mass is 305 g/mol. The highest BCUT2D eigenvalue weighted by atomic mass is 32.2. The van der Waals surface area contributed by atoms with Gasteiger partial charge in [0, 0.05) is 13.0 Å². The lowest BCUT2D eigenvalue weighted by Gasteiger charge is -2.09. The standard InChI is InChI=1S/C13H23NO5S/c15-12(16)6-4-2-1-3-5-8-14-13(17)11-7-9-20(18,19)10-11/h11H,1-10H2,(H,14,17)(H,15,16). The van der Waals surface area contributed by atoms with Crippen LogP contribution in [0.2, 0.25) is 0 Å². The lowest BCUT2D eigenvalue weighted by molar-refractivity contribution is -0.137. The largest absolute Gasteiger partial charge is 0.481 e. The third-order valence-corrected chi connectivity index (χ3v) is 5.24. The predicted octanol–water partition coefficient (Wildman–Crippen LogP) is 0.963. The first kappa shape index (κ1) is 16.9. The van der Waals surface area contributed by atoms with Crippen molar-refractivity contribution in [3.8, 4) is 0 Å². The Balaban J connectivity index is 1.99. The molecule has 0 aromatic carbocycles. The van der Waals surface area contributed by atoms with E-state index in [1.807, 2.05) is 0 Å². The quantitative estimate of drug-likeness (QED) is 0.618. The highest BCUT2D eigenvalue weighted by Crippen LogP contribution is 2.18. The van der Waals surface area contributed by atoms with E-state index in [1.54, 1.807) is 0 Å². The van der Waals surface area contributed by atoms with Gasteiger partial charge in [-0.3, -0.25) is 9.59 Å². The van der Waals surface area contributed by atoms with Crippen molar-refractivity contribution in [2.45, 2.75) is 44.9 Å². The van der Waals surface area contributed by atoms with Crippen LogP contribution in [0.3, 0.4) is 0 Å². The molecular formula is C13H23NO5S. The lowest BCUT2D eigenvalue weighted by atomic mass is 10.1. The van der Waals surface area contributed by atoms with Gasteiger partial charge in [-0.2, -0.15) is 0 Å². The number of rotatable bonds is 9. The Morgan fingerprint density at radius 3 is 2.35 bits per heavy atom. The Kier molecular flexibility index (Phi) is 6.98. The average molecular weight is 305 g/mol. The zero-order valence-corrected chi connectivity index (χ0v) is 12.5. The molecule has 20 heavy (non-hydrogen) atoms. The average Bonchev–Trinajstić information content (AvgIpc) is 2.72. The summed E-state index contributed by atoms with van der Waals surface area (Å²) in [6.07, 6.45) is 4.99. The van der Waals surface area contributed by atoms with Crippen molar-refractivity contribution >= 4 is 21.7 Å². The van der Waals surface area contributed by atoms with E-state index in [2.05, 4.69) is 5.32 Å². The van der Waals surface area contributed by atoms with Crippen LogP contribution < -0.4 is 5.32 Å². The smallest absolute Gasteiger partial charge is 0.303 e. The van der Waals surface area contributed by atoms with Gasteiger partial charge in [-0.05, 0) is 19.3 Å². The van der Waals surface area contributed by atoms with Crippen molar-refractivity contribution in [2.24, 2.45) is 5.92 Å². The Morgan fingerprint density at radius 2 is 1.75 bits per heavy atom. The Hall–Kier alpha value is -1.11. The van der Waals surface area contributed by atoms with Gasteiger partial charge in [0.05, 0.1) is 17.4 Å². The van der Waals surface area contributed by atoms with Crippen LogP contribution >= 0.6 is 0 Å². The number of carboxylic acid groups (broad SMARTS) is 1. The summed E-state index contributed by atoms with van der Waals surface area (Å²) in [5, 5.41) is 11.2. The first-order valence-corrected chi connectivity index (χ1v) is 8.93. The molecule has 1 unspecified atom stereocenters. The summed E-state index contributed by atoms with van der Waals surface area (Å²) in [6.45, 7) is 0.564. The van der Waals surface area contributed by atoms with Gasteiger partial charge in [0.1, 0.15) is 0 Å². The van der Waals surface area contributed by atoms with Crippen molar-refractivity contribution in [1.82, 2.24) is 5.32 Å². The minimum atomic E-state index is -3.00. The number of hydrogen-bond acceptors (Lipinski definition) is 4. The second-order valence-electron chi connectivity index (χ2n) is 5.30. The summed E-state index contributed by atoms with van der Waals surface area (Å²) in [7, 11) is -3.00. The SMILES string of the molecule is O=C(O)CCCCCCCNC(=O)C1CCS(=O)(=O)C1. The van der Waals surface area contributed by atoms with E-state index in [9.17, 15) is 18.0 Å². The molecule has 0 aromatic rings. The highest BCUT2D eigenvalue weighted by molar-refractivity contribution is 7.91. The molecule has 2 N–H and O–H groups in total. The number of nitrogens with one attached hydrogen (secondary N) is 1. The van der Waals surface area contributed by atoms with Gasteiger partial charge in [0.15, 0.2) is 9.84 Å². The van der Waals surface area contributed by atoms with Crippen LogP contribution in [0.25, 0.3) is 0 Å². The first-order valence-electron chi connectivity index (χ1n) is 7.10. The molecule has 1 fully saturated rings. The van der Waals surface area contributed by atoms with Crippen molar-refractivity contribution in [3.05, 3.63) is 0 Å². The molecule has 0 aliphatic carbocycles. The van der Waals surface area contributed by atoms with E-state index in [-0.39, 0.29) is 29.8 Å².